The summed E-state index contributed by atoms with van der Waals surface area (Å²) in [6.45, 7) is 0. The van der Waals surface area contributed by atoms with Crippen molar-refractivity contribution in [2.45, 2.75) is 17.5 Å². The van der Waals surface area contributed by atoms with Gasteiger partial charge in [-0.15, -0.1) is 11.8 Å². The van der Waals surface area contributed by atoms with Gasteiger partial charge in [-0.2, -0.15) is 13.2 Å². The molecule has 0 unspecified atom stereocenters. The molecule has 0 aromatic heterocycles. The van der Waals surface area contributed by atoms with Crippen molar-refractivity contribution in [3.63, 3.8) is 0 Å². The highest BCUT2D eigenvalue weighted by atomic mass is 79.9. The molecule has 0 saturated carbocycles. The van der Waals surface area contributed by atoms with Crippen LogP contribution in [0.15, 0.2) is 23.1 Å². The smallest absolute Gasteiger partial charge is 0.298 e. The molecule has 0 fully saturated rings. The van der Waals surface area contributed by atoms with E-state index in [1.165, 1.54) is 17.8 Å². The maximum absolute atomic E-state index is 12.8. The third-order valence-corrected chi connectivity index (χ3v) is 3.63. The Morgan fingerprint density at radius 3 is 2.53 bits per heavy atom. The number of halogens is 4. The molecule has 0 heterocycles. The summed E-state index contributed by atoms with van der Waals surface area (Å²) in [4.78, 5) is 11.8. The predicted molar refractivity (Wildman–Crippen MR) is 65.7 cm³/mol. The SMILES string of the molecule is CSc1cccc(C(F)(F)F)c1CC(=O)CBr. The van der Waals surface area contributed by atoms with Crippen LogP contribution in [0, 0.1) is 0 Å². The van der Waals surface area contributed by atoms with Crippen molar-refractivity contribution in [2.75, 3.05) is 11.6 Å². The minimum absolute atomic E-state index is 0.0625. The third-order valence-electron chi connectivity index (χ3n) is 2.18. The highest BCUT2D eigenvalue weighted by molar-refractivity contribution is 9.09. The summed E-state index contributed by atoms with van der Waals surface area (Å²) >= 11 is 4.17. The maximum Gasteiger partial charge on any atom is 0.416 e. The molecule has 0 atom stereocenters. The van der Waals surface area contributed by atoms with E-state index in [4.69, 9.17) is 0 Å². The molecule has 1 nitrogen and oxygen atoms in total. The highest BCUT2D eigenvalue weighted by Gasteiger charge is 2.34. The fourth-order valence-corrected chi connectivity index (χ4v) is 2.29. The number of ketones is 1. The zero-order valence-electron chi connectivity index (χ0n) is 8.97. The van der Waals surface area contributed by atoms with Gasteiger partial charge in [0.15, 0.2) is 0 Å². The topological polar surface area (TPSA) is 17.1 Å². The molecule has 6 heteroatoms. The van der Waals surface area contributed by atoms with Crippen molar-refractivity contribution >= 4 is 33.5 Å². The quantitative estimate of drug-likeness (QED) is 0.616. The van der Waals surface area contributed by atoms with Gasteiger partial charge in [0, 0.05) is 11.3 Å². The zero-order chi connectivity index (χ0) is 13.1. The number of hydrogen-bond acceptors (Lipinski definition) is 2. The number of hydrogen-bond donors (Lipinski definition) is 0. The van der Waals surface area contributed by atoms with E-state index in [-0.39, 0.29) is 23.1 Å². The first kappa shape index (κ1) is 14.6. The summed E-state index contributed by atoms with van der Waals surface area (Å²) in [7, 11) is 0. The number of alkyl halides is 4. The lowest BCUT2D eigenvalue weighted by Gasteiger charge is -2.15. The second-order valence-corrected chi connectivity index (χ2v) is 4.74. The van der Waals surface area contributed by atoms with Gasteiger partial charge in [-0.25, -0.2) is 0 Å². The van der Waals surface area contributed by atoms with Crippen molar-refractivity contribution in [3.05, 3.63) is 29.3 Å². The standard InChI is InChI=1S/C11H10BrF3OS/c1-17-10-4-2-3-9(11(13,14)15)8(10)5-7(16)6-12/h2-4H,5-6H2,1H3. The summed E-state index contributed by atoms with van der Waals surface area (Å²) in [5.74, 6) is -0.267. The van der Waals surface area contributed by atoms with Gasteiger partial charge in [0.2, 0.25) is 0 Å². The molecule has 0 aliphatic heterocycles. The summed E-state index contributed by atoms with van der Waals surface area (Å²) < 4.78 is 38.4. The first-order chi connectivity index (χ1) is 7.90. The molecule has 0 N–H and O–H groups in total. The summed E-state index contributed by atoms with van der Waals surface area (Å²) in [5, 5.41) is 0.0625. The van der Waals surface area contributed by atoms with E-state index in [1.807, 2.05) is 0 Å². The van der Waals surface area contributed by atoms with Crippen molar-refractivity contribution in [2.24, 2.45) is 0 Å². The van der Waals surface area contributed by atoms with Crippen LogP contribution in [-0.2, 0) is 17.4 Å². The lowest BCUT2D eigenvalue weighted by molar-refractivity contribution is -0.138. The van der Waals surface area contributed by atoms with Crippen LogP contribution in [0.2, 0.25) is 0 Å². The van der Waals surface area contributed by atoms with Gasteiger partial charge < -0.3 is 0 Å². The Balaban J connectivity index is 3.26. The van der Waals surface area contributed by atoms with Crippen molar-refractivity contribution < 1.29 is 18.0 Å². The van der Waals surface area contributed by atoms with Gasteiger partial charge in [-0.3, -0.25) is 4.79 Å². The average molecular weight is 327 g/mol. The molecule has 0 bridgehead atoms. The number of rotatable bonds is 4. The third kappa shape index (κ3) is 3.74. The Kier molecular flexibility index (Phi) is 5.06. The van der Waals surface area contributed by atoms with E-state index in [0.29, 0.717) is 4.90 Å². The van der Waals surface area contributed by atoms with E-state index in [0.717, 1.165) is 6.07 Å². The molecular weight excluding hydrogens is 317 g/mol. The fourth-order valence-electron chi connectivity index (χ4n) is 1.45. The minimum atomic E-state index is -4.42. The summed E-state index contributed by atoms with van der Waals surface area (Å²) in [5.41, 5.74) is -0.657. The van der Waals surface area contributed by atoms with Crippen molar-refractivity contribution in [1.29, 1.82) is 0 Å². The number of Topliss-reactive ketones (excluding diaryl/α,β-unsaturated/α-hetero) is 1. The van der Waals surface area contributed by atoms with Gasteiger partial charge in [0.25, 0.3) is 0 Å². The molecule has 0 spiro atoms. The Hall–Kier alpha value is -0.490. The molecule has 0 saturated heterocycles. The van der Waals surface area contributed by atoms with E-state index in [2.05, 4.69) is 15.9 Å². The van der Waals surface area contributed by atoms with Gasteiger partial charge in [-0.1, -0.05) is 22.0 Å². The molecule has 0 radical (unpaired) electrons. The first-order valence-electron chi connectivity index (χ1n) is 4.71. The molecule has 1 aromatic carbocycles. The van der Waals surface area contributed by atoms with Crippen LogP contribution in [0.25, 0.3) is 0 Å². The molecule has 17 heavy (non-hydrogen) atoms. The van der Waals surface area contributed by atoms with Crippen LogP contribution in [0.1, 0.15) is 11.1 Å². The van der Waals surface area contributed by atoms with Gasteiger partial charge in [0.1, 0.15) is 5.78 Å². The maximum atomic E-state index is 12.8. The Bertz CT molecular complexity index is 418. The highest BCUT2D eigenvalue weighted by Crippen LogP contribution is 2.36. The van der Waals surface area contributed by atoms with E-state index >= 15 is 0 Å². The lowest BCUT2D eigenvalue weighted by atomic mass is 10.0. The monoisotopic (exact) mass is 326 g/mol. The average Bonchev–Trinajstić information content (AvgIpc) is 2.27. The largest absolute Gasteiger partial charge is 0.416 e. The van der Waals surface area contributed by atoms with E-state index < -0.39 is 11.7 Å². The van der Waals surface area contributed by atoms with E-state index in [1.54, 1.807) is 12.3 Å². The number of thioether (sulfide) groups is 1. The Morgan fingerprint density at radius 2 is 2.06 bits per heavy atom. The zero-order valence-corrected chi connectivity index (χ0v) is 11.4. The molecule has 0 aliphatic carbocycles. The van der Waals surface area contributed by atoms with Crippen LogP contribution in [0.4, 0.5) is 13.2 Å². The molecule has 0 aliphatic rings. The van der Waals surface area contributed by atoms with Gasteiger partial charge >= 0.3 is 6.18 Å². The van der Waals surface area contributed by atoms with Crippen LogP contribution in [0.3, 0.4) is 0 Å². The first-order valence-corrected chi connectivity index (χ1v) is 7.05. The Morgan fingerprint density at radius 1 is 1.41 bits per heavy atom. The number of benzene rings is 1. The number of carbonyl (C=O) groups excluding carboxylic acids is 1. The second kappa shape index (κ2) is 5.91. The molecular formula is C11H10BrF3OS. The van der Waals surface area contributed by atoms with Gasteiger partial charge in [-0.05, 0) is 24.0 Å². The van der Waals surface area contributed by atoms with Crippen molar-refractivity contribution in [1.82, 2.24) is 0 Å². The van der Waals surface area contributed by atoms with Crippen LogP contribution >= 0.6 is 27.7 Å². The second-order valence-electron chi connectivity index (χ2n) is 3.33. The van der Waals surface area contributed by atoms with Crippen molar-refractivity contribution in [3.8, 4) is 0 Å². The minimum Gasteiger partial charge on any atom is -0.298 e. The van der Waals surface area contributed by atoms with Crippen LogP contribution in [-0.4, -0.2) is 17.4 Å². The van der Waals surface area contributed by atoms with Crippen LogP contribution in [0.5, 0.6) is 0 Å². The Labute approximate surface area is 110 Å². The molecule has 94 valence electrons. The lowest BCUT2D eigenvalue weighted by Crippen LogP contribution is -2.14. The van der Waals surface area contributed by atoms with E-state index in [9.17, 15) is 18.0 Å². The number of carbonyl (C=O) groups is 1. The van der Waals surface area contributed by atoms with Gasteiger partial charge in [0.05, 0.1) is 10.9 Å². The predicted octanol–water partition coefficient (Wildman–Crippen LogP) is 3.93. The summed E-state index contributed by atoms with van der Waals surface area (Å²) in [6.07, 6.45) is -2.93. The molecule has 0 amide bonds. The normalized spacial score (nSPS) is 11.6. The molecule has 1 rings (SSSR count). The summed E-state index contributed by atoms with van der Waals surface area (Å²) in [6, 6.07) is 3.96. The fraction of sp³-hybridized carbons (Fsp3) is 0.364. The van der Waals surface area contributed by atoms with Crippen LogP contribution < -0.4 is 0 Å². The molecule has 1 aromatic rings.